The van der Waals surface area contributed by atoms with E-state index in [1.54, 1.807) is 0 Å². The van der Waals surface area contributed by atoms with Gasteiger partial charge in [0.05, 0.1) is 5.92 Å². The molecule has 2 nitrogen and oxygen atoms in total. The van der Waals surface area contributed by atoms with E-state index in [9.17, 15) is 4.79 Å². The minimum atomic E-state index is -0.241. The Kier molecular flexibility index (Phi) is 3.89. The Hall–Kier alpha value is -1.31. The summed E-state index contributed by atoms with van der Waals surface area (Å²) in [6, 6.07) is 8.17. The van der Waals surface area contributed by atoms with E-state index in [1.807, 2.05) is 19.1 Å². The molecule has 1 aromatic carbocycles. The summed E-state index contributed by atoms with van der Waals surface area (Å²) >= 11 is 0. The van der Waals surface area contributed by atoms with E-state index in [4.69, 9.17) is 5.73 Å². The van der Waals surface area contributed by atoms with E-state index in [1.165, 1.54) is 5.56 Å². The summed E-state index contributed by atoms with van der Waals surface area (Å²) in [5, 5.41) is 0. The Balaban J connectivity index is 2.92. The fraction of sp³-hybridized carbons (Fsp3) is 0.462. The lowest BCUT2D eigenvalue weighted by Gasteiger charge is -2.12. The number of amides is 1. The van der Waals surface area contributed by atoms with Crippen molar-refractivity contribution in [1.82, 2.24) is 0 Å². The second-order valence-corrected chi connectivity index (χ2v) is 4.18. The lowest BCUT2D eigenvalue weighted by molar-refractivity contribution is -0.119. The van der Waals surface area contributed by atoms with Crippen LogP contribution in [0.2, 0.25) is 0 Å². The number of primary amides is 1. The van der Waals surface area contributed by atoms with Gasteiger partial charge in [-0.3, -0.25) is 4.79 Å². The van der Waals surface area contributed by atoms with Crippen LogP contribution < -0.4 is 5.73 Å². The maximum atomic E-state index is 11.2. The van der Waals surface area contributed by atoms with Crippen molar-refractivity contribution in [3.05, 3.63) is 35.4 Å². The van der Waals surface area contributed by atoms with Crippen molar-refractivity contribution >= 4 is 5.91 Å². The van der Waals surface area contributed by atoms with Crippen LogP contribution in [0.1, 0.15) is 50.2 Å². The fourth-order valence-corrected chi connectivity index (χ4v) is 1.71. The lowest BCUT2D eigenvalue weighted by atomic mass is 9.93. The molecule has 0 spiro atoms. The normalized spacial score (nSPS) is 12.8. The summed E-state index contributed by atoms with van der Waals surface area (Å²) in [4.78, 5) is 11.2. The van der Waals surface area contributed by atoms with E-state index >= 15 is 0 Å². The molecule has 1 aromatic rings. The van der Waals surface area contributed by atoms with Gasteiger partial charge >= 0.3 is 0 Å². The average molecular weight is 205 g/mol. The Labute approximate surface area is 91.5 Å². The number of nitrogens with two attached hydrogens (primary N) is 1. The van der Waals surface area contributed by atoms with Crippen LogP contribution in [0.25, 0.3) is 0 Å². The number of carbonyl (C=O) groups is 1. The molecule has 0 saturated heterocycles. The van der Waals surface area contributed by atoms with Gasteiger partial charge in [-0.25, -0.2) is 0 Å². The Morgan fingerprint density at radius 2 is 1.67 bits per heavy atom. The smallest absolute Gasteiger partial charge is 0.224 e. The standard InChI is InChI=1S/C13H19NO/c1-4-12(13(14)15)11-7-5-10(6-8-11)9(2)3/h5-9,12H,4H2,1-3H3,(H2,14,15). The fourth-order valence-electron chi connectivity index (χ4n) is 1.71. The minimum absolute atomic E-state index is 0.147. The highest BCUT2D eigenvalue weighted by Crippen LogP contribution is 2.22. The first-order chi connectivity index (χ1) is 7.06. The molecule has 0 fully saturated rings. The van der Waals surface area contributed by atoms with Crippen LogP contribution in [0.3, 0.4) is 0 Å². The van der Waals surface area contributed by atoms with E-state index in [-0.39, 0.29) is 11.8 Å². The third-order valence-corrected chi connectivity index (χ3v) is 2.76. The number of carbonyl (C=O) groups excluding carboxylic acids is 1. The van der Waals surface area contributed by atoms with E-state index < -0.39 is 0 Å². The molecule has 2 N–H and O–H groups in total. The zero-order chi connectivity index (χ0) is 11.4. The second kappa shape index (κ2) is 4.96. The topological polar surface area (TPSA) is 43.1 Å². The Morgan fingerprint density at radius 3 is 2.00 bits per heavy atom. The van der Waals surface area contributed by atoms with Gasteiger partial charge in [0.15, 0.2) is 0 Å². The first kappa shape index (κ1) is 11.8. The number of benzene rings is 1. The molecule has 1 atom stereocenters. The lowest BCUT2D eigenvalue weighted by Crippen LogP contribution is -2.20. The summed E-state index contributed by atoms with van der Waals surface area (Å²) in [6.45, 7) is 6.28. The number of hydrogen-bond donors (Lipinski definition) is 1. The molecule has 0 aliphatic carbocycles. The van der Waals surface area contributed by atoms with Gasteiger partial charge in [0.1, 0.15) is 0 Å². The zero-order valence-corrected chi connectivity index (χ0v) is 9.66. The largest absolute Gasteiger partial charge is 0.369 e. The molecule has 0 aliphatic heterocycles. The van der Waals surface area contributed by atoms with Crippen LogP contribution in [-0.4, -0.2) is 5.91 Å². The van der Waals surface area contributed by atoms with Gasteiger partial charge in [-0.1, -0.05) is 45.0 Å². The van der Waals surface area contributed by atoms with Crippen molar-refractivity contribution in [3.8, 4) is 0 Å². The highest BCUT2D eigenvalue weighted by molar-refractivity contribution is 5.81. The first-order valence-electron chi connectivity index (χ1n) is 5.45. The molecular weight excluding hydrogens is 186 g/mol. The summed E-state index contributed by atoms with van der Waals surface area (Å²) in [7, 11) is 0. The van der Waals surface area contributed by atoms with E-state index in [2.05, 4.69) is 26.0 Å². The quantitative estimate of drug-likeness (QED) is 0.807. The van der Waals surface area contributed by atoms with E-state index in [0.717, 1.165) is 12.0 Å². The molecule has 1 amide bonds. The average Bonchev–Trinajstić information content (AvgIpc) is 2.19. The van der Waals surface area contributed by atoms with Gasteiger partial charge in [-0.15, -0.1) is 0 Å². The molecule has 2 heteroatoms. The van der Waals surface area contributed by atoms with Gasteiger partial charge in [0, 0.05) is 0 Å². The molecule has 1 unspecified atom stereocenters. The zero-order valence-electron chi connectivity index (χ0n) is 9.66. The number of hydrogen-bond acceptors (Lipinski definition) is 1. The minimum Gasteiger partial charge on any atom is -0.369 e. The Bertz CT molecular complexity index is 327. The van der Waals surface area contributed by atoms with Crippen LogP contribution in [-0.2, 0) is 4.79 Å². The molecule has 0 bridgehead atoms. The molecule has 0 aromatic heterocycles. The maximum Gasteiger partial charge on any atom is 0.224 e. The van der Waals surface area contributed by atoms with Gasteiger partial charge < -0.3 is 5.73 Å². The summed E-state index contributed by atoms with van der Waals surface area (Å²) in [5.74, 6) is 0.133. The molecule has 1 rings (SSSR count). The molecule has 82 valence electrons. The SMILES string of the molecule is CCC(C(N)=O)c1ccc(C(C)C)cc1. The molecule has 0 heterocycles. The molecular formula is C13H19NO. The maximum absolute atomic E-state index is 11.2. The summed E-state index contributed by atoms with van der Waals surface area (Å²) in [5.41, 5.74) is 7.65. The highest BCUT2D eigenvalue weighted by Gasteiger charge is 2.15. The van der Waals surface area contributed by atoms with Crippen molar-refractivity contribution in [2.24, 2.45) is 5.73 Å². The van der Waals surface area contributed by atoms with Gasteiger partial charge in [0.2, 0.25) is 5.91 Å². The van der Waals surface area contributed by atoms with Crippen LogP contribution in [0.5, 0.6) is 0 Å². The molecule has 0 saturated carbocycles. The Morgan fingerprint density at radius 1 is 1.20 bits per heavy atom. The van der Waals surface area contributed by atoms with Gasteiger partial charge in [-0.05, 0) is 23.5 Å². The van der Waals surface area contributed by atoms with Crippen molar-refractivity contribution in [3.63, 3.8) is 0 Å². The third-order valence-electron chi connectivity index (χ3n) is 2.76. The van der Waals surface area contributed by atoms with Crippen LogP contribution in [0.4, 0.5) is 0 Å². The van der Waals surface area contributed by atoms with Crippen LogP contribution in [0, 0.1) is 0 Å². The molecule has 0 radical (unpaired) electrons. The van der Waals surface area contributed by atoms with Crippen molar-refractivity contribution in [1.29, 1.82) is 0 Å². The van der Waals surface area contributed by atoms with Gasteiger partial charge in [0.25, 0.3) is 0 Å². The first-order valence-corrected chi connectivity index (χ1v) is 5.45. The molecule has 0 aliphatic rings. The van der Waals surface area contributed by atoms with Crippen molar-refractivity contribution in [2.75, 3.05) is 0 Å². The predicted octanol–water partition coefficient (Wildman–Crippen LogP) is 2.79. The molecule has 15 heavy (non-hydrogen) atoms. The van der Waals surface area contributed by atoms with E-state index in [0.29, 0.717) is 5.92 Å². The predicted molar refractivity (Wildman–Crippen MR) is 62.8 cm³/mol. The van der Waals surface area contributed by atoms with Crippen molar-refractivity contribution < 1.29 is 4.79 Å². The highest BCUT2D eigenvalue weighted by atomic mass is 16.1. The number of rotatable bonds is 4. The van der Waals surface area contributed by atoms with Crippen molar-refractivity contribution in [2.45, 2.75) is 39.0 Å². The van der Waals surface area contributed by atoms with Gasteiger partial charge in [-0.2, -0.15) is 0 Å². The monoisotopic (exact) mass is 205 g/mol. The summed E-state index contributed by atoms with van der Waals surface area (Å²) in [6.07, 6.45) is 0.760. The second-order valence-electron chi connectivity index (χ2n) is 4.18. The summed E-state index contributed by atoms with van der Waals surface area (Å²) < 4.78 is 0. The van der Waals surface area contributed by atoms with Crippen LogP contribution in [0.15, 0.2) is 24.3 Å². The third kappa shape index (κ3) is 2.82. The van der Waals surface area contributed by atoms with Crippen LogP contribution >= 0.6 is 0 Å².